The van der Waals surface area contributed by atoms with Gasteiger partial charge in [-0.2, -0.15) is 5.10 Å². The number of aromatic nitrogens is 2. The first kappa shape index (κ1) is 17.2. The molecule has 21 heavy (non-hydrogen) atoms. The van der Waals surface area contributed by atoms with Gasteiger partial charge in [0.15, 0.2) is 0 Å². The van der Waals surface area contributed by atoms with Crippen LogP contribution in [-0.2, 0) is 11.3 Å². The van der Waals surface area contributed by atoms with Crippen LogP contribution >= 0.6 is 0 Å². The summed E-state index contributed by atoms with van der Waals surface area (Å²) < 4.78 is 1.80. The molecule has 0 aliphatic carbocycles. The lowest BCUT2D eigenvalue weighted by Crippen LogP contribution is -2.41. The average molecular weight is 295 g/mol. The maximum atomic E-state index is 12.4. The van der Waals surface area contributed by atoms with Crippen LogP contribution < -0.4 is 5.32 Å². The van der Waals surface area contributed by atoms with Crippen molar-refractivity contribution in [3.8, 4) is 0 Å². The number of carbonyl (C=O) groups is 2. The second-order valence-corrected chi connectivity index (χ2v) is 5.28. The second kappa shape index (κ2) is 7.81. The molecule has 1 amide bonds. The lowest BCUT2D eigenvalue weighted by molar-refractivity contribution is -0.139. The fraction of sp³-hybridized carbons (Fsp3) is 0.667. The molecule has 1 unspecified atom stereocenters. The summed E-state index contributed by atoms with van der Waals surface area (Å²) >= 11 is 0. The predicted molar refractivity (Wildman–Crippen MR) is 80.4 cm³/mol. The number of rotatable bonds is 8. The van der Waals surface area contributed by atoms with E-state index in [9.17, 15) is 14.7 Å². The highest BCUT2D eigenvalue weighted by Gasteiger charge is 2.24. The van der Waals surface area contributed by atoms with Gasteiger partial charge < -0.3 is 10.4 Å². The van der Waals surface area contributed by atoms with Crippen LogP contribution in [0.25, 0.3) is 0 Å². The normalized spacial score (nSPS) is 12.2. The van der Waals surface area contributed by atoms with Crippen LogP contribution in [-0.4, -0.2) is 32.8 Å². The molecule has 0 radical (unpaired) electrons. The van der Waals surface area contributed by atoms with Crippen LogP contribution in [0.2, 0.25) is 0 Å². The molecule has 0 aromatic carbocycles. The van der Waals surface area contributed by atoms with Gasteiger partial charge >= 0.3 is 5.97 Å². The van der Waals surface area contributed by atoms with E-state index < -0.39 is 12.0 Å². The Morgan fingerprint density at radius 2 is 1.95 bits per heavy atom. The molecule has 1 atom stereocenters. The zero-order valence-electron chi connectivity index (χ0n) is 13.3. The van der Waals surface area contributed by atoms with E-state index in [4.69, 9.17) is 0 Å². The predicted octanol–water partition coefficient (Wildman–Crippen LogP) is 2.28. The summed E-state index contributed by atoms with van der Waals surface area (Å²) in [6, 6.07) is -0.842. The van der Waals surface area contributed by atoms with E-state index in [1.165, 1.54) is 0 Å². The summed E-state index contributed by atoms with van der Waals surface area (Å²) in [6.07, 6.45) is 3.03. The van der Waals surface area contributed by atoms with Gasteiger partial charge in [0, 0.05) is 12.2 Å². The zero-order chi connectivity index (χ0) is 16.0. The zero-order valence-corrected chi connectivity index (χ0v) is 13.3. The van der Waals surface area contributed by atoms with Crippen LogP contribution in [0.15, 0.2) is 0 Å². The van der Waals surface area contributed by atoms with Gasteiger partial charge in [0.05, 0.1) is 11.3 Å². The molecule has 0 fully saturated rings. The summed E-state index contributed by atoms with van der Waals surface area (Å²) in [5.74, 6) is -1.34. The van der Waals surface area contributed by atoms with Crippen LogP contribution in [0.1, 0.15) is 61.3 Å². The number of carboxylic acids is 1. The Morgan fingerprint density at radius 1 is 1.29 bits per heavy atom. The lowest BCUT2D eigenvalue weighted by Gasteiger charge is -2.14. The first-order valence-corrected chi connectivity index (χ1v) is 7.50. The summed E-state index contributed by atoms with van der Waals surface area (Å²) in [7, 11) is 0. The van der Waals surface area contributed by atoms with E-state index in [-0.39, 0.29) is 5.91 Å². The van der Waals surface area contributed by atoms with Crippen molar-refractivity contribution >= 4 is 11.9 Å². The van der Waals surface area contributed by atoms with Crippen molar-refractivity contribution in [1.29, 1.82) is 0 Å². The van der Waals surface area contributed by atoms with Crippen molar-refractivity contribution in [2.45, 2.75) is 66.0 Å². The SMILES string of the molecule is CCCCC(NC(=O)c1c(C)nn(CCC)c1C)C(=O)O. The van der Waals surface area contributed by atoms with E-state index in [1.807, 2.05) is 20.8 Å². The number of carboxylic acid groups (broad SMARTS) is 1. The Hall–Kier alpha value is -1.85. The summed E-state index contributed by atoms with van der Waals surface area (Å²) in [4.78, 5) is 23.6. The molecule has 0 saturated heterocycles. The maximum absolute atomic E-state index is 12.4. The standard InChI is InChI=1S/C15H25N3O3/c1-5-7-8-12(15(20)21)16-14(19)13-10(3)17-18(9-6-2)11(13)4/h12H,5-9H2,1-4H3,(H,16,19)(H,20,21). The van der Waals surface area contributed by atoms with E-state index >= 15 is 0 Å². The number of nitrogens with one attached hydrogen (secondary N) is 1. The topological polar surface area (TPSA) is 84.2 Å². The number of hydrogen-bond donors (Lipinski definition) is 2. The summed E-state index contributed by atoms with van der Waals surface area (Å²) in [5.41, 5.74) is 1.91. The fourth-order valence-corrected chi connectivity index (χ4v) is 2.35. The van der Waals surface area contributed by atoms with Crippen LogP contribution in [0.4, 0.5) is 0 Å². The molecule has 0 aliphatic rings. The summed E-state index contributed by atoms with van der Waals surface area (Å²) in [5, 5.41) is 16.1. The minimum atomic E-state index is -0.993. The highest BCUT2D eigenvalue weighted by atomic mass is 16.4. The van der Waals surface area contributed by atoms with Gasteiger partial charge in [-0.15, -0.1) is 0 Å². The van der Waals surface area contributed by atoms with Crippen LogP contribution in [0, 0.1) is 13.8 Å². The number of aliphatic carboxylic acids is 1. The molecule has 118 valence electrons. The largest absolute Gasteiger partial charge is 0.480 e. The Bertz CT molecular complexity index is 509. The smallest absolute Gasteiger partial charge is 0.326 e. The van der Waals surface area contributed by atoms with Gasteiger partial charge in [-0.05, 0) is 26.7 Å². The Labute approximate surface area is 125 Å². The van der Waals surface area contributed by atoms with Gasteiger partial charge in [-0.1, -0.05) is 26.7 Å². The van der Waals surface area contributed by atoms with Crippen molar-refractivity contribution in [3.05, 3.63) is 17.0 Å². The number of aryl methyl sites for hydroxylation is 2. The number of carbonyl (C=O) groups excluding carboxylic acids is 1. The van der Waals surface area contributed by atoms with Gasteiger partial charge in [0.25, 0.3) is 5.91 Å². The molecule has 0 saturated carbocycles. The third-order valence-corrected chi connectivity index (χ3v) is 3.49. The molecule has 0 aliphatic heterocycles. The molecule has 1 rings (SSSR count). The van der Waals surface area contributed by atoms with Gasteiger partial charge in [-0.3, -0.25) is 9.48 Å². The molecule has 1 heterocycles. The first-order chi connectivity index (χ1) is 9.92. The fourth-order valence-electron chi connectivity index (χ4n) is 2.35. The van der Waals surface area contributed by atoms with E-state index in [0.717, 1.165) is 31.5 Å². The first-order valence-electron chi connectivity index (χ1n) is 7.50. The van der Waals surface area contributed by atoms with Crippen molar-refractivity contribution < 1.29 is 14.7 Å². The van der Waals surface area contributed by atoms with E-state index in [2.05, 4.69) is 10.4 Å². The molecule has 1 aromatic heterocycles. The lowest BCUT2D eigenvalue weighted by atomic mass is 10.1. The molecule has 0 spiro atoms. The molecular weight excluding hydrogens is 270 g/mol. The molecule has 6 nitrogen and oxygen atoms in total. The van der Waals surface area contributed by atoms with Crippen LogP contribution in [0.3, 0.4) is 0 Å². The van der Waals surface area contributed by atoms with Crippen molar-refractivity contribution in [2.75, 3.05) is 0 Å². The van der Waals surface area contributed by atoms with E-state index in [0.29, 0.717) is 17.7 Å². The second-order valence-electron chi connectivity index (χ2n) is 5.28. The van der Waals surface area contributed by atoms with E-state index in [1.54, 1.807) is 11.6 Å². The maximum Gasteiger partial charge on any atom is 0.326 e. The third-order valence-electron chi connectivity index (χ3n) is 3.49. The van der Waals surface area contributed by atoms with Crippen LogP contribution in [0.5, 0.6) is 0 Å². The number of hydrogen-bond acceptors (Lipinski definition) is 3. The highest BCUT2D eigenvalue weighted by molar-refractivity contribution is 5.98. The Morgan fingerprint density at radius 3 is 2.48 bits per heavy atom. The molecule has 0 bridgehead atoms. The number of unbranched alkanes of at least 4 members (excludes halogenated alkanes) is 1. The van der Waals surface area contributed by atoms with Crippen molar-refractivity contribution in [1.82, 2.24) is 15.1 Å². The highest BCUT2D eigenvalue weighted by Crippen LogP contribution is 2.14. The Kier molecular flexibility index (Phi) is 6.39. The minimum absolute atomic E-state index is 0.351. The quantitative estimate of drug-likeness (QED) is 0.770. The minimum Gasteiger partial charge on any atom is -0.480 e. The molecule has 2 N–H and O–H groups in total. The Balaban J connectivity index is 2.89. The molecule has 1 aromatic rings. The number of nitrogens with zero attached hydrogens (tertiary/aromatic N) is 2. The molecule has 6 heteroatoms. The monoisotopic (exact) mass is 295 g/mol. The van der Waals surface area contributed by atoms with Crippen molar-refractivity contribution in [3.63, 3.8) is 0 Å². The van der Waals surface area contributed by atoms with Crippen molar-refractivity contribution in [2.24, 2.45) is 0 Å². The van der Waals surface area contributed by atoms with Gasteiger partial charge in [0.1, 0.15) is 6.04 Å². The average Bonchev–Trinajstić information content (AvgIpc) is 2.69. The van der Waals surface area contributed by atoms with Gasteiger partial charge in [0.2, 0.25) is 0 Å². The third kappa shape index (κ3) is 4.31. The molecular formula is C15H25N3O3. The number of amides is 1. The summed E-state index contributed by atoms with van der Waals surface area (Å²) in [6.45, 7) is 8.39. The van der Waals surface area contributed by atoms with Gasteiger partial charge in [-0.25, -0.2) is 4.79 Å².